The third-order valence-electron chi connectivity index (χ3n) is 5.00. The number of hydrogen-bond acceptors (Lipinski definition) is 5. The van der Waals surface area contributed by atoms with Gasteiger partial charge >= 0.3 is 0 Å². The molecule has 0 saturated carbocycles. The van der Waals surface area contributed by atoms with E-state index < -0.39 is 6.04 Å². The molecule has 136 valence electrons. The number of aromatic nitrogens is 5. The third-order valence-corrected chi connectivity index (χ3v) is 5.00. The lowest BCUT2D eigenvalue weighted by molar-refractivity contribution is -0.118. The average molecular weight is 353 g/mol. The summed E-state index contributed by atoms with van der Waals surface area (Å²) in [5, 5.41) is 10.8. The molecule has 1 saturated heterocycles. The summed E-state index contributed by atoms with van der Waals surface area (Å²) >= 11 is 0. The van der Waals surface area contributed by atoms with E-state index in [4.69, 9.17) is 0 Å². The lowest BCUT2D eigenvalue weighted by atomic mass is 9.98. The molecule has 1 aromatic carbocycles. The summed E-state index contributed by atoms with van der Waals surface area (Å²) < 4.78 is 3.52. The molecule has 4 rings (SSSR count). The van der Waals surface area contributed by atoms with Gasteiger partial charge in [0, 0.05) is 13.0 Å². The van der Waals surface area contributed by atoms with Gasteiger partial charge in [-0.25, -0.2) is 9.67 Å². The fourth-order valence-electron chi connectivity index (χ4n) is 3.39. The first kappa shape index (κ1) is 16.7. The van der Waals surface area contributed by atoms with Gasteiger partial charge in [0.15, 0.2) is 5.82 Å². The van der Waals surface area contributed by atoms with E-state index in [1.54, 1.807) is 11.0 Å². The van der Waals surface area contributed by atoms with E-state index in [-0.39, 0.29) is 5.91 Å². The first-order valence-corrected chi connectivity index (χ1v) is 8.97. The second-order valence-corrected chi connectivity index (χ2v) is 6.75. The van der Waals surface area contributed by atoms with Gasteiger partial charge in [-0.2, -0.15) is 10.1 Å². The standard InChI is InChI=1S/C18H23N7O/c1-12(25-11-20-14-5-3-4-6-15(14)25)17(26)22-18-21-16(23-24(18)2)13-7-9-19-10-8-13/h3-6,11-13,19H,7-10H2,1-2H3,(H,21,22,23,26). The number of carbonyl (C=O) groups is 1. The molecule has 2 N–H and O–H groups in total. The van der Waals surface area contributed by atoms with Crippen molar-refractivity contribution in [2.75, 3.05) is 18.4 Å². The van der Waals surface area contributed by atoms with Crippen LogP contribution in [0.5, 0.6) is 0 Å². The van der Waals surface area contributed by atoms with Crippen LogP contribution in [0.4, 0.5) is 5.95 Å². The van der Waals surface area contributed by atoms with Crippen LogP contribution in [-0.4, -0.2) is 43.3 Å². The number of carbonyl (C=O) groups excluding carboxylic acids is 1. The maximum Gasteiger partial charge on any atom is 0.249 e. The molecule has 1 fully saturated rings. The van der Waals surface area contributed by atoms with Gasteiger partial charge in [-0.15, -0.1) is 0 Å². The molecule has 8 heteroatoms. The molecule has 0 spiro atoms. The monoisotopic (exact) mass is 353 g/mol. The van der Waals surface area contributed by atoms with Crippen LogP contribution < -0.4 is 10.6 Å². The predicted octanol–water partition coefficient (Wildman–Crippen LogP) is 1.83. The van der Waals surface area contributed by atoms with Gasteiger partial charge in [-0.3, -0.25) is 10.1 Å². The number of piperidine rings is 1. The van der Waals surface area contributed by atoms with Gasteiger partial charge in [0.2, 0.25) is 11.9 Å². The van der Waals surface area contributed by atoms with Gasteiger partial charge in [0.25, 0.3) is 0 Å². The van der Waals surface area contributed by atoms with Crippen molar-refractivity contribution in [2.24, 2.45) is 7.05 Å². The summed E-state index contributed by atoms with van der Waals surface area (Å²) in [6.45, 7) is 3.82. The van der Waals surface area contributed by atoms with E-state index in [9.17, 15) is 4.79 Å². The van der Waals surface area contributed by atoms with Crippen LogP contribution in [0.15, 0.2) is 30.6 Å². The van der Waals surface area contributed by atoms with Crippen molar-refractivity contribution >= 4 is 22.9 Å². The summed E-state index contributed by atoms with van der Waals surface area (Å²) in [6.07, 6.45) is 3.75. The highest BCUT2D eigenvalue weighted by atomic mass is 16.2. The van der Waals surface area contributed by atoms with Crippen molar-refractivity contribution in [1.82, 2.24) is 29.6 Å². The minimum absolute atomic E-state index is 0.138. The summed E-state index contributed by atoms with van der Waals surface area (Å²) in [5.74, 6) is 1.51. The van der Waals surface area contributed by atoms with Crippen molar-refractivity contribution in [3.05, 3.63) is 36.4 Å². The van der Waals surface area contributed by atoms with Crippen LogP contribution in [0.1, 0.15) is 37.5 Å². The van der Waals surface area contributed by atoms with Crippen molar-refractivity contribution in [3.8, 4) is 0 Å². The van der Waals surface area contributed by atoms with Crippen LogP contribution in [0, 0.1) is 0 Å². The highest BCUT2D eigenvalue weighted by molar-refractivity contribution is 5.93. The van der Waals surface area contributed by atoms with E-state index in [0.717, 1.165) is 42.8 Å². The molecule has 1 amide bonds. The molecule has 2 aromatic heterocycles. The predicted molar refractivity (Wildman–Crippen MR) is 98.9 cm³/mol. The molecule has 8 nitrogen and oxygen atoms in total. The Balaban J connectivity index is 1.51. The zero-order valence-corrected chi connectivity index (χ0v) is 15.0. The van der Waals surface area contributed by atoms with Gasteiger partial charge in [0.05, 0.1) is 17.4 Å². The number of nitrogens with zero attached hydrogens (tertiary/aromatic N) is 5. The minimum atomic E-state index is -0.401. The average Bonchev–Trinajstić information content (AvgIpc) is 3.26. The Morgan fingerprint density at radius 1 is 1.31 bits per heavy atom. The molecular weight excluding hydrogens is 330 g/mol. The number of benzene rings is 1. The van der Waals surface area contributed by atoms with Gasteiger partial charge < -0.3 is 9.88 Å². The third kappa shape index (κ3) is 3.08. The van der Waals surface area contributed by atoms with Gasteiger partial charge in [-0.1, -0.05) is 12.1 Å². The number of aryl methyl sites for hydroxylation is 1. The van der Waals surface area contributed by atoms with Crippen LogP contribution >= 0.6 is 0 Å². The molecule has 26 heavy (non-hydrogen) atoms. The Morgan fingerprint density at radius 3 is 2.88 bits per heavy atom. The van der Waals surface area contributed by atoms with E-state index in [1.807, 2.05) is 42.8 Å². The number of amides is 1. The van der Waals surface area contributed by atoms with E-state index in [1.165, 1.54) is 0 Å². The SMILES string of the molecule is CC(C(=O)Nc1nc(C2CCNCC2)nn1C)n1cnc2ccccc21. The Morgan fingerprint density at radius 2 is 2.08 bits per heavy atom. The number of nitrogens with one attached hydrogen (secondary N) is 2. The maximum absolute atomic E-state index is 12.7. The second kappa shape index (κ2) is 6.87. The lowest BCUT2D eigenvalue weighted by Gasteiger charge is -2.19. The second-order valence-electron chi connectivity index (χ2n) is 6.75. The van der Waals surface area contributed by atoms with Crippen LogP contribution in [0.2, 0.25) is 0 Å². The molecular formula is C18H23N7O. The summed E-state index contributed by atoms with van der Waals surface area (Å²) in [7, 11) is 1.81. The molecule has 1 atom stereocenters. The molecule has 3 heterocycles. The number of para-hydroxylation sites is 2. The van der Waals surface area contributed by atoms with Crippen molar-refractivity contribution < 1.29 is 4.79 Å². The highest BCUT2D eigenvalue weighted by Crippen LogP contribution is 2.24. The van der Waals surface area contributed by atoms with Gasteiger partial charge in [-0.05, 0) is 45.0 Å². The quantitative estimate of drug-likeness (QED) is 0.747. The Bertz CT molecular complexity index is 923. The number of hydrogen-bond donors (Lipinski definition) is 2. The lowest BCUT2D eigenvalue weighted by Crippen LogP contribution is -2.27. The number of imidazole rings is 1. The topological polar surface area (TPSA) is 89.7 Å². The molecule has 1 unspecified atom stereocenters. The van der Waals surface area contributed by atoms with Crippen LogP contribution in [0.3, 0.4) is 0 Å². The Labute approximate surface area is 151 Å². The largest absolute Gasteiger partial charge is 0.318 e. The Hall–Kier alpha value is -2.74. The summed E-state index contributed by atoms with van der Waals surface area (Å²) in [4.78, 5) is 21.7. The van der Waals surface area contributed by atoms with Crippen molar-refractivity contribution in [1.29, 1.82) is 0 Å². The highest BCUT2D eigenvalue weighted by Gasteiger charge is 2.23. The van der Waals surface area contributed by atoms with E-state index >= 15 is 0 Å². The Kier molecular flexibility index (Phi) is 4.42. The fraction of sp³-hybridized carbons (Fsp3) is 0.444. The van der Waals surface area contributed by atoms with Crippen LogP contribution in [0.25, 0.3) is 11.0 Å². The molecule has 0 bridgehead atoms. The maximum atomic E-state index is 12.7. The molecule has 0 aliphatic carbocycles. The smallest absolute Gasteiger partial charge is 0.249 e. The van der Waals surface area contributed by atoms with E-state index in [0.29, 0.717) is 11.9 Å². The summed E-state index contributed by atoms with van der Waals surface area (Å²) in [6, 6.07) is 7.38. The zero-order valence-electron chi connectivity index (χ0n) is 15.0. The number of fused-ring (bicyclic) bond motifs is 1. The first-order chi connectivity index (χ1) is 12.6. The normalized spacial score (nSPS) is 16.7. The number of rotatable bonds is 4. The molecule has 0 radical (unpaired) electrons. The molecule has 1 aliphatic rings. The summed E-state index contributed by atoms with van der Waals surface area (Å²) in [5.41, 5.74) is 1.81. The zero-order chi connectivity index (χ0) is 18.1. The van der Waals surface area contributed by atoms with E-state index in [2.05, 4.69) is 25.7 Å². The minimum Gasteiger partial charge on any atom is -0.318 e. The molecule has 3 aromatic rings. The van der Waals surface area contributed by atoms with Crippen LogP contribution in [-0.2, 0) is 11.8 Å². The molecule has 1 aliphatic heterocycles. The first-order valence-electron chi connectivity index (χ1n) is 8.97. The van der Waals surface area contributed by atoms with Crippen molar-refractivity contribution in [2.45, 2.75) is 31.7 Å². The van der Waals surface area contributed by atoms with Gasteiger partial charge in [0.1, 0.15) is 6.04 Å². The fourth-order valence-corrected chi connectivity index (χ4v) is 3.39. The number of anilines is 1. The van der Waals surface area contributed by atoms with Crippen molar-refractivity contribution in [3.63, 3.8) is 0 Å².